The summed E-state index contributed by atoms with van der Waals surface area (Å²) in [7, 11) is -3.34. The number of carboxylic acids is 1. The number of aliphatic carboxylic acids is 1. The molecule has 0 bridgehead atoms. The average molecular weight is 261 g/mol. The van der Waals surface area contributed by atoms with Crippen molar-refractivity contribution in [2.45, 2.75) is 24.8 Å². The minimum Gasteiger partial charge on any atom is -0.480 e. The largest absolute Gasteiger partial charge is 0.480 e. The van der Waals surface area contributed by atoms with Crippen LogP contribution in [0.4, 0.5) is 0 Å². The van der Waals surface area contributed by atoms with Crippen LogP contribution in [0.3, 0.4) is 0 Å². The third-order valence-corrected chi connectivity index (χ3v) is 3.21. The van der Waals surface area contributed by atoms with Crippen molar-refractivity contribution in [1.82, 2.24) is 14.9 Å². The predicted molar refractivity (Wildman–Crippen MR) is 54.5 cm³/mol. The molecule has 1 aliphatic carbocycles. The van der Waals surface area contributed by atoms with Crippen molar-refractivity contribution in [1.29, 1.82) is 0 Å². The zero-order valence-electron chi connectivity index (χ0n) is 9.00. The van der Waals surface area contributed by atoms with Crippen LogP contribution in [0.2, 0.25) is 0 Å². The van der Waals surface area contributed by atoms with Gasteiger partial charge < -0.3 is 9.63 Å². The Morgan fingerprint density at radius 3 is 2.71 bits per heavy atom. The number of nitrogens with zero attached hydrogens (tertiary/aromatic N) is 2. The summed E-state index contributed by atoms with van der Waals surface area (Å²) >= 11 is 0. The van der Waals surface area contributed by atoms with E-state index in [4.69, 9.17) is 9.63 Å². The smallest absolute Gasteiger partial charge is 0.317 e. The Labute approximate surface area is 97.1 Å². The van der Waals surface area contributed by atoms with Gasteiger partial charge in [0.25, 0.3) is 0 Å². The highest BCUT2D eigenvalue weighted by Gasteiger charge is 2.55. The van der Waals surface area contributed by atoms with E-state index in [1.54, 1.807) is 0 Å². The molecule has 9 heteroatoms. The Kier molecular flexibility index (Phi) is 2.66. The molecule has 1 fully saturated rings. The van der Waals surface area contributed by atoms with E-state index in [0.29, 0.717) is 12.8 Å². The zero-order valence-corrected chi connectivity index (χ0v) is 9.82. The van der Waals surface area contributed by atoms with Gasteiger partial charge >= 0.3 is 5.97 Å². The van der Waals surface area contributed by atoms with E-state index in [1.807, 2.05) is 0 Å². The molecule has 0 aromatic carbocycles. The van der Waals surface area contributed by atoms with Crippen LogP contribution in [0.25, 0.3) is 0 Å². The Balaban J connectivity index is 2.09. The molecule has 8 nitrogen and oxygen atoms in total. The summed E-state index contributed by atoms with van der Waals surface area (Å²) in [5, 5.41) is 12.6. The van der Waals surface area contributed by atoms with Crippen molar-refractivity contribution in [3.05, 3.63) is 11.7 Å². The number of hydrogen-bond donors (Lipinski definition) is 2. The predicted octanol–water partition coefficient (Wildman–Crippen LogP) is -0.765. The number of carboxylic acid groups (broad SMARTS) is 1. The van der Waals surface area contributed by atoms with Crippen molar-refractivity contribution < 1.29 is 22.8 Å². The molecule has 2 N–H and O–H groups in total. The molecule has 0 amide bonds. The van der Waals surface area contributed by atoms with Gasteiger partial charge in [0.2, 0.25) is 15.9 Å². The summed E-state index contributed by atoms with van der Waals surface area (Å²) in [6.45, 7) is -0.137. The monoisotopic (exact) mass is 261 g/mol. The maximum Gasteiger partial charge on any atom is 0.317 e. The Bertz CT molecular complexity index is 545. The molecule has 0 atom stereocenters. The normalized spacial score (nSPS) is 17.9. The quantitative estimate of drug-likeness (QED) is 0.713. The van der Waals surface area contributed by atoms with Crippen LogP contribution in [-0.4, -0.2) is 35.9 Å². The summed E-state index contributed by atoms with van der Waals surface area (Å²) in [4.78, 5) is 14.9. The molecule has 1 aliphatic rings. The van der Waals surface area contributed by atoms with Crippen molar-refractivity contribution >= 4 is 16.0 Å². The molecule has 0 unspecified atom stereocenters. The van der Waals surface area contributed by atoms with E-state index in [-0.39, 0.29) is 18.3 Å². The summed E-state index contributed by atoms with van der Waals surface area (Å²) in [5.74, 6) is -0.825. The van der Waals surface area contributed by atoms with Crippen LogP contribution < -0.4 is 4.72 Å². The lowest BCUT2D eigenvalue weighted by atomic mass is 10.1. The Morgan fingerprint density at radius 1 is 1.59 bits per heavy atom. The van der Waals surface area contributed by atoms with Crippen molar-refractivity contribution in [2.75, 3.05) is 6.26 Å². The molecule has 94 valence electrons. The van der Waals surface area contributed by atoms with Gasteiger partial charge in [-0.25, -0.2) is 13.1 Å². The number of aromatic nitrogens is 2. The van der Waals surface area contributed by atoms with Gasteiger partial charge in [0.1, 0.15) is 5.41 Å². The second-order valence-electron chi connectivity index (χ2n) is 3.99. The minimum absolute atomic E-state index is 0.0537. The minimum atomic E-state index is -3.34. The molecule has 2 rings (SSSR count). The van der Waals surface area contributed by atoms with E-state index >= 15 is 0 Å². The van der Waals surface area contributed by atoms with Gasteiger partial charge in [0.15, 0.2) is 5.82 Å². The lowest BCUT2D eigenvalue weighted by Gasteiger charge is -2.01. The molecule has 1 aromatic heterocycles. The van der Waals surface area contributed by atoms with E-state index in [1.165, 1.54) is 0 Å². The number of nitrogens with one attached hydrogen (secondary N) is 1. The summed E-state index contributed by atoms with van der Waals surface area (Å²) < 4.78 is 28.6. The number of rotatable bonds is 5. The maximum atomic E-state index is 11.0. The summed E-state index contributed by atoms with van der Waals surface area (Å²) in [5.41, 5.74) is -1.03. The first-order chi connectivity index (χ1) is 7.83. The third kappa shape index (κ3) is 2.44. The highest BCUT2D eigenvalue weighted by molar-refractivity contribution is 7.88. The standard InChI is InChI=1S/C8H11N3O5S/c1-17(14,15)9-4-5-10-6(11-16-5)8(2-3-8)7(12)13/h9H,2-4H2,1H3,(H,12,13). The first-order valence-corrected chi connectivity index (χ1v) is 6.74. The first kappa shape index (κ1) is 12.0. The van der Waals surface area contributed by atoms with E-state index in [9.17, 15) is 13.2 Å². The van der Waals surface area contributed by atoms with E-state index < -0.39 is 21.4 Å². The van der Waals surface area contributed by atoms with Gasteiger partial charge in [0.05, 0.1) is 12.8 Å². The van der Waals surface area contributed by atoms with Crippen LogP contribution >= 0.6 is 0 Å². The maximum absolute atomic E-state index is 11.0. The van der Waals surface area contributed by atoms with Crippen molar-refractivity contribution in [2.24, 2.45) is 0 Å². The number of carbonyl (C=O) groups is 1. The van der Waals surface area contributed by atoms with Gasteiger partial charge in [-0.2, -0.15) is 4.98 Å². The Morgan fingerprint density at radius 2 is 2.24 bits per heavy atom. The lowest BCUT2D eigenvalue weighted by molar-refractivity contribution is -0.140. The summed E-state index contributed by atoms with van der Waals surface area (Å²) in [6, 6.07) is 0. The van der Waals surface area contributed by atoms with Crippen LogP contribution in [0, 0.1) is 0 Å². The van der Waals surface area contributed by atoms with Gasteiger partial charge in [-0.05, 0) is 12.8 Å². The number of hydrogen-bond acceptors (Lipinski definition) is 6. The van der Waals surface area contributed by atoms with Crippen LogP contribution in [0.15, 0.2) is 4.52 Å². The van der Waals surface area contributed by atoms with Crippen LogP contribution in [0.5, 0.6) is 0 Å². The van der Waals surface area contributed by atoms with E-state index in [0.717, 1.165) is 6.26 Å². The molecular formula is C8H11N3O5S. The molecule has 0 radical (unpaired) electrons. The molecule has 17 heavy (non-hydrogen) atoms. The molecule has 0 aliphatic heterocycles. The Hall–Kier alpha value is -1.48. The molecule has 1 heterocycles. The topological polar surface area (TPSA) is 122 Å². The molecule has 1 saturated carbocycles. The van der Waals surface area contributed by atoms with Crippen LogP contribution in [-0.2, 0) is 26.8 Å². The fraction of sp³-hybridized carbons (Fsp3) is 0.625. The van der Waals surface area contributed by atoms with E-state index in [2.05, 4.69) is 14.9 Å². The highest BCUT2D eigenvalue weighted by Crippen LogP contribution is 2.46. The number of sulfonamides is 1. The highest BCUT2D eigenvalue weighted by atomic mass is 32.2. The SMILES string of the molecule is CS(=O)(=O)NCc1nc(C2(C(=O)O)CC2)no1. The van der Waals surface area contributed by atoms with Gasteiger partial charge in [-0.15, -0.1) is 0 Å². The molecule has 1 aromatic rings. The van der Waals surface area contributed by atoms with Gasteiger partial charge in [-0.1, -0.05) is 5.16 Å². The second kappa shape index (κ2) is 3.77. The zero-order chi connectivity index (χ0) is 12.7. The van der Waals surface area contributed by atoms with Crippen molar-refractivity contribution in [3.63, 3.8) is 0 Å². The second-order valence-corrected chi connectivity index (χ2v) is 5.83. The molecular weight excluding hydrogens is 250 g/mol. The summed E-state index contributed by atoms with van der Waals surface area (Å²) in [6.07, 6.45) is 1.95. The van der Waals surface area contributed by atoms with Gasteiger partial charge in [0, 0.05) is 0 Å². The average Bonchev–Trinajstić information content (AvgIpc) is 2.88. The fourth-order valence-electron chi connectivity index (χ4n) is 1.37. The third-order valence-electron chi connectivity index (χ3n) is 2.54. The molecule has 0 spiro atoms. The molecule has 0 saturated heterocycles. The van der Waals surface area contributed by atoms with Crippen molar-refractivity contribution in [3.8, 4) is 0 Å². The van der Waals surface area contributed by atoms with Gasteiger partial charge in [-0.3, -0.25) is 4.79 Å². The first-order valence-electron chi connectivity index (χ1n) is 4.85. The van der Waals surface area contributed by atoms with Crippen LogP contribution in [0.1, 0.15) is 24.6 Å². The lowest BCUT2D eigenvalue weighted by Crippen LogP contribution is -2.22. The fourth-order valence-corrected chi connectivity index (χ4v) is 1.76.